The summed E-state index contributed by atoms with van der Waals surface area (Å²) in [5.41, 5.74) is 1.49. The van der Waals surface area contributed by atoms with E-state index in [1.807, 2.05) is 30.3 Å². The van der Waals surface area contributed by atoms with Crippen molar-refractivity contribution in [2.75, 3.05) is 6.61 Å². The maximum atomic E-state index is 11.0. The van der Waals surface area contributed by atoms with Gasteiger partial charge in [-0.1, -0.05) is 36.9 Å². The second-order valence-electron chi connectivity index (χ2n) is 2.85. The van der Waals surface area contributed by atoms with Crippen LogP contribution >= 0.6 is 0 Å². The molecule has 1 aromatic carbocycles. The van der Waals surface area contributed by atoms with Gasteiger partial charge in [-0.15, -0.1) is 0 Å². The number of carbonyl (C=O) groups is 1. The fourth-order valence-corrected chi connectivity index (χ4v) is 1.05. The standard InChI is InChI=1S/C11H12O2/c1-9(11(13)8-12)7-10-5-3-2-4-6-10/h2-6,12H,1,7-8H2. The van der Waals surface area contributed by atoms with Crippen LogP contribution in [-0.2, 0) is 11.2 Å². The van der Waals surface area contributed by atoms with E-state index in [-0.39, 0.29) is 5.78 Å². The zero-order valence-electron chi connectivity index (χ0n) is 7.36. The van der Waals surface area contributed by atoms with Gasteiger partial charge in [-0.2, -0.15) is 0 Å². The third kappa shape index (κ3) is 2.84. The van der Waals surface area contributed by atoms with Crippen LogP contribution in [0.4, 0.5) is 0 Å². The Morgan fingerprint density at radius 3 is 2.46 bits per heavy atom. The molecule has 0 aromatic heterocycles. The average Bonchev–Trinajstić information content (AvgIpc) is 2.18. The van der Waals surface area contributed by atoms with Gasteiger partial charge in [-0.05, 0) is 11.1 Å². The Hall–Kier alpha value is -1.41. The van der Waals surface area contributed by atoms with Crippen molar-refractivity contribution in [2.24, 2.45) is 0 Å². The number of rotatable bonds is 4. The lowest BCUT2D eigenvalue weighted by molar-refractivity contribution is -0.118. The maximum absolute atomic E-state index is 11.0. The highest BCUT2D eigenvalue weighted by Crippen LogP contribution is 2.06. The molecule has 1 N–H and O–H groups in total. The first-order chi connectivity index (χ1) is 6.24. The third-order valence-corrected chi connectivity index (χ3v) is 1.80. The Balaban J connectivity index is 2.60. The number of aliphatic hydroxyl groups excluding tert-OH is 1. The molecule has 2 nitrogen and oxygen atoms in total. The fraction of sp³-hybridized carbons (Fsp3) is 0.182. The second-order valence-corrected chi connectivity index (χ2v) is 2.85. The minimum atomic E-state index is -0.453. The van der Waals surface area contributed by atoms with E-state index in [0.29, 0.717) is 12.0 Å². The molecule has 68 valence electrons. The Morgan fingerprint density at radius 2 is 1.92 bits per heavy atom. The van der Waals surface area contributed by atoms with Crippen molar-refractivity contribution in [3.05, 3.63) is 48.0 Å². The molecule has 0 unspecified atom stereocenters. The van der Waals surface area contributed by atoms with Crippen molar-refractivity contribution in [3.63, 3.8) is 0 Å². The van der Waals surface area contributed by atoms with E-state index < -0.39 is 6.61 Å². The Bertz CT molecular complexity index is 301. The molecular formula is C11H12O2. The maximum Gasteiger partial charge on any atom is 0.183 e. The smallest absolute Gasteiger partial charge is 0.183 e. The number of Topliss-reactive ketones (excluding diaryl/α,β-unsaturated/α-hetero) is 1. The van der Waals surface area contributed by atoms with Crippen LogP contribution in [0.5, 0.6) is 0 Å². The van der Waals surface area contributed by atoms with Gasteiger partial charge in [0, 0.05) is 6.42 Å². The summed E-state index contributed by atoms with van der Waals surface area (Å²) in [4.78, 5) is 11.0. The highest BCUT2D eigenvalue weighted by Gasteiger charge is 2.05. The first-order valence-corrected chi connectivity index (χ1v) is 4.10. The summed E-state index contributed by atoms with van der Waals surface area (Å²) < 4.78 is 0. The lowest BCUT2D eigenvalue weighted by Gasteiger charge is -2.01. The van der Waals surface area contributed by atoms with E-state index in [1.54, 1.807) is 0 Å². The number of benzene rings is 1. The topological polar surface area (TPSA) is 37.3 Å². The molecule has 0 aliphatic heterocycles. The molecule has 0 aliphatic rings. The minimum absolute atomic E-state index is 0.288. The molecule has 1 rings (SSSR count). The number of aliphatic hydroxyl groups is 1. The predicted molar refractivity (Wildman–Crippen MR) is 51.4 cm³/mol. The molecule has 0 aliphatic carbocycles. The van der Waals surface area contributed by atoms with E-state index in [0.717, 1.165) is 5.56 Å². The van der Waals surface area contributed by atoms with Gasteiger partial charge in [0.25, 0.3) is 0 Å². The largest absolute Gasteiger partial charge is 0.388 e. The van der Waals surface area contributed by atoms with Crippen LogP contribution in [0.1, 0.15) is 5.56 Å². The molecular weight excluding hydrogens is 164 g/mol. The van der Waals surface area contributed by atoms with Gasteiger partial charge in [-0.25, -0.2) is 0 Å². The van der Waals surface area contributed by atoms with Gasteiger partial charge >= 0.3 is 0 Å². The number of hydrogen-bond donors (Lipinski definition) is 1. The summed E-state index contributed by atoms with van der Waals surface area (Å²) in [6, 6.07) is 9.59. The van der Waals surface area contributed by atoms with Crippen molar-refractivity contribution in [2.45, 2.75) is 6.42 Å². The lowest BCUT2D eigenvalue weighted by Crippen LogP contribution is -2.08. The summed E-state index contributed by atoms with van der Waals surface area (Å²) in [5, 5.41) is 8.57. The van der Waals surface area contributed by atoms with Crippen LogP contribution in [0.3, 0.4) is 0 Å². The third-order valence-electron chi connectivity index (χ3n) is 1.80. The van der Waals surface area contributed by atoms with Gasteiger partial charge in [-0.3, -0.25) is 4.79 Å². The first kappa shape index (κ1) is 9.68. The van der Waals surface area contributed by atoms with E-state index in [1.165, 1.54) is 0 Å². The van der Waals surface area contributed by atoms with Crippen molar-refractivity contribution in [1.29, 1.82) is 0 Å². The number of ketones is 1. The van der Waals surface area contributed by atoms with Crippen LogP contribution in [0.15, 0.2) is 42.5 Å². The van der Waals surface area contributed by atoms with Gasteiger partial charge in [0.1, 0.15) is 6.61 Å². The number of hydrogen-bond acceptors (Lipinski definition) is 2. The van der Waals surface area contributed by atoms with Crippen molar-refractivity contribution in [1.82, 2.24) is 0 Å². The highest BCUT2D eigenvalue weighted by molar-refractivity contribution is 5.95. The molecule has 1 aromatic rings. The minimum Gasteiger partial charge on any atom is -0.388 e. The summed E-state index contributed by atoms with van der Waals surface area (Å²) in [6.07, 6.45) is 0.514. The Labute approximate surface area is 77.5 Å². The van der Waals surface area contributed by atoms with Crippen LogP contribution in [0.25, 0.3) is 0 Å². The van der Waals surface area contributed by atoms with E-state index in [9.17, 15) is 4.79 Å². The zero-order valence-corrected chi connectivity index (χ0v) is 7.36. The summed E-state index contributed by atoms with van der Waals surface area (Å²) in [7, 11) is 0. The molecule has 0 fully saturated rings. The fourth-order valence-electron chi connectivity index (χ4n) is 1.05. The van der Waals surface area contributed by atoms with Crippen LogP contribution in [0, 0.1) is 0 Å². The SMILES string of the molecule is C=C(Cc1ccccc1)C(=O)CO. The van der Waals surface area contributed by atoms with Crippen molar-refractivity contribution >= 4 is 5.78 Å². The van der Waals surface area contributed by atoms with E-state index in [2.05, 4.69) is 6.58 Å². The quantitative estimate of drug-likeness (QED) is 0.703. The molecule has 13 heavy (non-hydrogen) atoms. The zero-order chi connectivity index (χ0) is 9.68. The predicted octanol–water partition coefficient (Wildman–Crippen LogP) is 1.35. The van der Waals surface area contributed by atoms with Gasteiger partial charge in [0.05, 0.1) is 0 Å². The molecule has 2 heteroatoms. The van der Waals surface area contributed by atoms with Crippen LogP contribution in [-0.4, -0.2) is 17.5 Å². The van der Waals surface area contributed by atoms with Crippen molar-refractivity contribution < 1.29 is 9.90 Å². The Kier molecular flexibility index (Phi) is 3.41. The van der Waals surface area contributed by atoms with E-state index >= 15 is 0 Å². The number of carbonyl (C=O) groups excluding carboxylic acids is 1. The average molecular weight is 176 g/mol. The summed E-state index contributed by atoms with van der Waals surface area (Å²) in [6.45, 7) is 3.16. The highest BCUT2D eigenvalue weighted by atomic mass is 16.3. The second kappa shape index (κ2) is 4.58. The van der Waals surface area contributed by atoms with Gasteiger partial charge in [0.2, 0.25) is 0 Å². The molecule has 0 spiro atoms. The Morgan fingerprint density at radius 1 is 1.31 bits per heavy atom. The molecule has 0 radical (unpaired) electrons. The first-order valence-electron chi connectivity index (χ1n) is 4.10. The molecule has 0 atom stereocenters. The van der Waals surface area contributed by atoms with Crippen molar-refractivity contribution in [3.8, 4) is 0 Å². The molecule has 0 saturated heterocycles. The molecule has 0 amide bonds. The van der Waals surface area contributed by atoms with E-state index in [4.69, 9.17) is 5.11 Å². The molecule has 0 saturated carbocycles. The lowest BCUT2D eigenvalue weighted by atomic mass is 10.0. The summed E-state index contributed by atoms with van der Waals surface area (Å²) in [5.74, 6) is -0.288. The normalized spacial score (nSPS) is 9.62. The van der Waals surface area contributed by atoms with Crippen LogP contribution in [0.2, 0.25) is 0 Å². The van der Waals surface area contributed by atoms with Gasteiger partial charge < -0.3 is 5.11 Å². The van der Waals surface area contributed by atoms with Crippen LogP contribution < -0.4 is 0 Å². The molecule has 0 bridgehead atoms. The monoisotopic (exact) mass is 176 g/mol. The molecule has 0 heterocycles. The van der Waals surface area contributed by atoms with Gasteiger partial charge in [0.15, 0.2) is 5.78 Å². The summed E-state index contributed by atoms with van der Waals surface area (Å²) >= 11 is 0.